The maximum atomic E-state index is 11.6. The molecule has 3 heteroatoms. The molecule has 0 aromatic carbocycles. The summed E-state index contributed by atoms with van der Waals surface area (Å²) in [5.41, 5.74) is 1.94. The smallest absolute Gasteiger partial charge is 0.127 e. The van der Waals surface area contributed by atoms with Crippen molar-refractivity contribution in [1.82, 2.24) is 4.98 Å². The molecule has 12 heavy (non-hydrogen) atoms. The van der Waals surface area contributed by atoms with Gasteiger partial charge in [0.2, 0.25) is 0 Å². The van der Waals surface area contributed by atoms with Crippen LogP contribution in [0.3, 0.4) is 0 Å². The summed E-state index contributed by atoms with van der Waals surface area (Å²) in [6.45, 7) is 5.57. The summed E-state index contributed by atoms with van der Waals surface area (Å²) in [6, 6.07) is 3.89. The molecule has 1 aromatic rings. The molecule has 0 bridgehead atoms. The van der Waals surface area contributed by atoms with Crippen molar-refractivity contribution >= 4 is 12.6 Å². The average Bonchev–Trinajstić information content (AvgIpc) is 2.03. The molecular formula is C9H14NOP. The first kappa shape index (κ1) is 9.47. The summed E-state index contributed by atoms with van der Waals surface area (Å²) in [5, 5.41) is 0. The van der Waals surface area contributed by atoms with Gasteiger partial charge in [-0.2, -0.15) is 0 Å². The summed E-state index contributed by atoms with van der Waals surface area (Å²) >= 11 is 0. The topological polar surface area (TPSA) is 30.0 Å². The van der Waals surface area contributed by atoms with E-state index in [0.717, 1.165) is 11.9 Å². The van der Waals surface area contributed by atoms with E-state index < -0.39 is 7.14 Å². The van der Waals surface area contributed by atoms with Crippen LogP contribution in [-0.4, -0.2) is 18.3 Å². The first-order valence-corrected chi connectivity index (χ1v) is 6.64. The molecule has 0 aliphatic carbocycles. The van der Waals surface area contributed by atoms with Crippen molar-refractivity contribution in [3.05, 3.63) is 23.9 Å². The molecular weight excluding hydrogens is 169 g/mol. The number of rotatable bonds is 2. The Morgan fingerprint density at radius 1 is 1.50 bits per heavy atom. The van der Waals surface area contributed by atoms with Crippen LogP contribution >= 0.6 is 7.14 Å². The fourth-order valence-electron chi connectivity index (χ4n) is 0.975. The summed E-state index contributed by atoms with van der Waals surface area (Å²) in [5.74, 6) is 0. The second-order valence-corrected chi connectivity index (χ2v) is 6.39. The Bertz CT molecular complexity index is 316. The summed E-state index contributed by atoms with van der Waals surface area (Å²) in [7, 11) is -2.17. The third-order valence-corrected chi connectivity index (χ3v) is 3.12. The van der Waals surface area contributed by atoms with Gasteiger partial charge < -0.3 is 4.57 Å². The van der Waals surface area contributed by atoms with Crippen molar-refractivity contribution in [2.75, 3.05) is 13.3 Å². The third-order valence-electron chi connectivity index (χ3n) is 1.77. The van der Waals surface area contributed by atoms with Crippen molar-refractivity contribution in [2.45, 2.75) is 13.3 Å². The molecule has 1 aromatic heterocycles. The van der Waals surface area contributed by atoms with Gasteiger partial charge in [0.05, 0.1) is 5.44 Å². The van der Waals surface area contributed by atoms with Gasteiger partial charge in [-0.25, -0.2) is 0 Å². The molecule has 1 heterocycles. The lowest BCUT2D eigenvalue weighted by atomic mass is 10.2. The first-order valence-electron chi connectivity index (χ1n) is 4.04. The molecule has 0 amide bonds. The fraction of sp³-hybridized carbons (Fsp3) is 0.444. The van der Waals surface area contributed by atoms with Crippen LogP contribution in [0.15, 0.2) is 18.3 Å². The monoisotopic (exact) mass is 183 g/mol. The van der Waals surface area contributed by atoms with Gasteiger partial charge in [0.25, 0.3) is 0 Å². The van der Waals surface area contributed by atoms with Gasteiger partial charge in [0, 0.05) is 6.20 Å². The Hall–Kier alpha value is -0.620. The SMILES string of the molecule is CCc1ccnc(P(C)(C)=O)c1. The van der Waals surface area contributed by atoms with E-state index in [1.165, 1.54) is 5.56 Å². The molecule has 0 atom stereocenters. The lowest BCUT2D eigenvalue weighted by Crippen LogP contribution is -2.08. The molecule has 1 rings (SSSR count). The van der Waals surface area contributed by atoms with Crippen molar-refractivity contribution in [3.63, 3.8) is 0 Å². The Morgan fingerprint density at radius 3 is 2.67 bits per heavy atom. The largest absolute Gasteiger partial charge is 0.318 e. The normalized spacial score (nSPS) is 11.6. The van der Waals surface area contributed by atoms with Gasteiger partial charge in [-0.3, -0.25) is 4.98 Å². The third kappa shape index (κ3) is 2.18. The number of aryl methyl sites for hydroxylation is 1. The van der Waals surface area contributed by atoms with Crippen molar-refractivity contribution < 1.29 is 4.57 Å². The molecule has 2 nitrogen and oxygen atoms in total. The molecule has 0 aliphatic rings. The minimum Gasteiger partial charge on any atom is -0.318 e. The molecule has 0 aliphatic heterocycles. The number of pyridine rings is 1. The summed E-state index contributed by atoms with van der Waals surface area (Å²) in [6.07, 6.45) is 2.70. The van der Waals surface area contributed by atoms with Crippen LogP contribution in [0.5, 0.6) is 0 Å². The van der Waals surface area contributed by atoms with Gasteiger partial charge in [-0.05, 0) is 37.4 Å². The lowest BCUT2D eigenvalue weighted by molar-refractivity contribution is 0.587. The van der Waals surface area contributed by atoms with Crippen LogP contribution < -0.4 is 5.44 Å². The molecule has 0 N–H and O–H groups in total. The van der Waals surface area contributed by atoms with Gasteiger partial charge in [-0.1, -0.05) is 6.92 Å². The van der Waals surface area contributed by atoms with Crippen LogP contribution in [0.25, 0.3) is 0 Å². The highest BCUT2D eigenvalue weighted by atomic mass is 31.2. The van der Waals surface area contributed by atoms with E-state index in [-0.39, 0.29) is 0 Å². The van der Waals surface area contributed by atoms with Gasteiger partial charge in [-0.15, -0.1) is 0 Å². The second-order valence-electron chi connectivity index (χ2n) is 3.23. The van der Waals surface area contributed by atoms with Gasteiger partial charge in [0.15, 0.2) is 0 Å². The number of nitrogens with zero attached hydrogens (tertiary/aromatic N) is 1. The van der Waals surface area contributed by atoms with Crippen molar-refractivity contribution in [3.8, 4) is 0 Å². The molecule has 0 spiro atoms. The van der Waals surface area contributed by atoms with Crippen LogP contribution in [0.2, 0.25) is 0 Å². The molecule has 0 radical (unpaired) electrons. The summed E-state index contributed by atoms with van der Waals surface area (Å²) in [4.78, 5) is 4.10. The van der Waals surface area contributed by atoms with Gasteiger partial charge >= 0.3 is 0 Å². The lowest BCUT2D eigenvalue weighted by Gasteiger charge is -2.06. The minimum absolute atomic E-state index is 0.738. The predicted octanol–water partition coefficient (Wildman–Crippen LogP) is 1.89. The molecule has 66 valence electrons. The van der Waals surface area contributed by atoms with Gasteiger partial charge in [0.1, 0.15) is 7.14 Å². The summed E-state index contributed by atoms with van der Waals surface area (Å²) < 4.78 is 11.6. The zero-order valence-corrected chi connectivity index (χ0v) is 8.64. The zero-order chi connectivity index (χ0) is 9.19. The highest BCUT2D eigenvalue weighted by molar-refractivity contribution is 7.69. The van der Waals surface area contributed by atoms with Crippen molar-refractivity contribution in [1.29, 1.82) is 0 Å². The van der Waals surface area contributed by atoms with Crippen LogP contribution in [0.4, 0.5) is 0 Å². The average molecular weight is 183 g/mol. The number of hydrogen-bond donors (Lipinski definition) is 0. The molecule has 0 fully saturated rings. The minimum atomic E-state index is -2.17. The van der Waals surface area contributed by atoms with E-state index >= 15 is 0 Å². The quantitative estimate of drug-likeness (QED) is 0.655. The van der Waals surface area contributed by atoms with Crippen LogP contribution in [0.1, 0.15) is 12.5 Å². The van der Waals surface area contributed by atoms with Crippen LogP contribution in [-0.2, 0) is 11.0 Å². The predicted molar refractivity (Wildman–Crippen MR) is 52.7 cm³/mol. The van der Waals surface area contributed by atoms with E-state index in [9.17, 15) is 4.57 Å². The maximum absolute atomic E-state index is 11.6. The molecule has 0 saturated carbocycles. The van der Waals surface area contributed by atoms with Crippen LogP contribution in [0, 0.1) is 0 Å². The highest BCUT2D eigenvalue weighted by Gasteiger charge is 2.11. The number of hydrogen-bond acceptors (Lipinski definition) is 2. The van der Waals surface area contributed by atoms with E-state index in [0.29, 0.717) is 0 Å². The second kappa shape index (κ2) is 3.40. The van der Waals surface area contributed by atoms with E-state index in [2.05, 4.69) is 11.9 Å². The first-order chi connectivity index (χ1) is 5.54. The van der Waals surface area contributed by atoms with E-state index in [1.54, 1.807) is 19.5 Å². The Kier molecular flexibility index (Phi) is 2.69. The molecule has 0 unspecified atom stereocenters. The Labute approximate surface area is 73.4 Å². The number of aromatic nitrogens is 1. The molecule has 0 saturated heterocycles. The highest BCUT2D eigenvalue weighted by Crippen LogP contribution is 2.33. The van der Waals surface area contributed by atoms with E-state index in [4.69, 9.17) is 0 Å². The zero-order valence-electron chi connectivity index (χ0n) is 7.74. The maximum Gasteiger partial charge on any atom is 0.127 e. The standard InChI is InChI=1S/C9H14NOP/c1-4-8-5-6-10-9(7-8)12(2,3)11/h5-7H,4H2,1-3H3. The fourth-order valence-corrected chi connectivity index (χ4v) is 1.80. The van der Waals surface area contributed by atoms with E-state index in [1.807, 2.05) is 12.1 Å². The Morgan fingerprint density at radius 2 is 2.17 bits per heavy atom. The Balaban J connectivity index is 3.11. The van der Waals surface area contributed by atoms with Crippen molar-refractivity contribution in [2.24, 2.45) is 0 Å².